The summed E-state index contributed by atoms with van der Waals surface area (Å²) in [6.45, 7) is 1.97. The summed E-state index contributed by atoms with van der Waals surface area (Å²) in [6, 6.07) is 18.5. The van der Waals surface area contributed by atoms with Crippen molar-refractivity contribution in [3.8, 4) is 39.5 Å². The summed E-state index contributed by atoms with van der Waals surface area (Å²) in [7, 11) is 0. The van der Waals surface area contributed by atoms with Crippen LogP contribution in [0.15, 0.2) is 79.4 Å². The second kappa shape index (κ2) is 9.15. The van der Waals surface area contributed by atoms with Gasteiger partial charge in [0, 0.05) is 35.1 Å². The lowest BCUT2D eigenvalue weighted by Gasteiger charge is -2.23. The number of fused-ring (bicyclic) bond motifs is 2. The van der Waals surface area contributed by atoms with Gasteiger partial charge >= 0.3 is 0 Å². The van der Waals surface area contributed by atoms with E-state index in [1.54, 1.807) is 6.20 Å². The van der Waals surface area contributed by atoms with E-state index in [0.29, 0.717) is 0 Å². The molecule has 8 nitrogen and oxygen atoms in total. The summed E-state index contributed by atoms with van der Waals surface area (Å²) >= 11 is 0. The molecule has 3 N–H and O–H groups in total. The van der Waals surface area contributed by atoms with Crippen LogP contribution in [0.5, 0.6) is 5.75 Å². The molecule has 0 bridgehead atoms. The molecule has 0 saturated carbocycles. The van der Waals surface area contributed by atoms with Gasteiger partial charge in [-0.05, 0) is 79.5 Å². The SMILES string of the molecule is c1cc(-c2ccncc2)c2cc(-c3n[nH]c4ccc(-c5cncc(OC6CCNCC6)c5)nc34)[nH]c2c1. The van der Waals surface area contributed by atoms with Crippen LogP contribution in [-0.4, -0.2) is 49.3 Å². The smallest absolute Gasteiger partial charge is 0.138 e. The van der Waals surface area contributed by atoms with Crippen LogP contribution in [0.2, 0.25) is 0 Å². The highest BCUT2D eigenvalue weighted by molar-refractivity contribution is 6.00. The Morgan fingerprint density at radius 2 is 1.73 bits per heavy atom. The molecule has 0 atom stereocenters. The van der Waals surface area contributed by atoms with E-state index in [2.05, 4.69) is 54.7 Å². The highest BCUT2D eigenvalue weighted by atomic mass is 16.5. The number of rotatable bonds is 5. The number of nitrogens with one attached hydrogen (secondary N) is 3. The Morgan fingerprint density at radius 3 is 2.62 bits per heavy atom. The van der Waals surface area contributed by atoms with Gasteiger partial charge in [-0.3, -0.25) is 15.1 Å². The van der Waals surface area contributed by atoms with Crippen LogP contribution in [-0.2, 0) is 0 Å². The summed E-state index contributed by atoms with van der Waals surface area (Å²) < 4.78 is 6.21. The molecule has 0 radical (unpaired) electrons. The van der Waals surface area contributed by atoms with Crippen molar-refractivity contribution in [3.05, 3.63) is 79.4 Å². The minimum atomic E-state index is 0.216. The fourth-order valence-electron chi connectivity index (χ4n) is 5.04. The molecule has 37 heavy (non-hydrogen) atoms. The lowest BCUT2D eigenvalue weighted by Crippen LogP contribution is -2.34. The number of aromatic nitrogens is 6. The predicted octanol–water partition coefficient (Wildman–Crippen LogP) is 5.36. The molecule has 6 heterocycles. The second-order valence-electron chi connectivity index (χ2n) is 9.33. The van der Waals surface area contributed by atoms with Crippen molar-refractivity contribution in [1.82, 2.24) is 35.5 Å². The van der Waals surface area contributed by atoms with Crippen molar-refractivity contribution >= 4 is 21.9 Å². The Balaban J connectivity index is 1.26. The molecule has 1 saturated heterocycles. The van der Waals surface area contributed by atoms with E-state index in [1.165, 1.54) is 0 Å². The third-order valence-corrected chi connectivity index (χ3v) is 6.92. The van der Waals surface area contributed by atoms with Crippen molar-refractivity contribution < 1.29 is 4.74 Å². The van der Waals surface area contributed by atoms with Gasteiger partial charge in [0.25, 0.3) is 0 Å². The van der Waals surface area contributed by atoms with E-state index in [0.717, 1.165) is 87.4 Å². The quantitative estimate of drug-likeness (QED) is 0.302. The lowest BCUT2D eigenvalue weighted by molar-refractivity contribution is 0.162. The first-order chi connectivity index (χ1) is 18.3. The van der Waals surface area contributed by atoms with Crippen molar-refractivity contribution in [2.45, 2.75) is 18.9 Å². The maximum atomic E-state index is 6.21. The molecule has 5 aromatic heterocycles. The Kier molecular flexibility index (Phi) is 5.36. The normalized spacial score (nSPS) is 14.4. The van der Waals surface area contributed by atoms with Gasteiger partial charge in [0.1, 0.15) is 23.1 Å². The third-order valence-electron chi connectivity index (χ3n) is 6.92. The number of hydrogen-bond acceptors (Lipinski definition) is 6. The van der Waals surface area contributed by atoms with Crippen LogP contribution in [0.25, 0.3) is 55.7 Å². The number of nitrogens with zero attached hydrogens (tertiary/aromatic N) is 4. The molecule has 8 heteroatoms. The zero-order valence-electron chi connectivity index (χ0n) is 20.1. The summed E-state index contributed by atoms with van der Waals surface area (Å²) in [6.07, 6.45) is 9.45. The molecular weight excluding hydrogens is 462 g/mol. The molecule has 182 valence electrons. The maximum Gasteiger partial charge on any atom is 0.138 e. The van der Waals surface area contributed by atoms with Crippen molar-refractivity contribution in [3.63, 3.8) is 0 Å². The average molecular weight is 488 g/mol. The molecule has 7 rings (SSSR count). The topological polar surface area (TPSA) is 104 Å². The molecule has 1 aromatic carbocycles. The van der Waals surface area contributed by atoms with E-state index in [4.69, 9.17) is 9.72 Å². The molecule has 0 aliphatic carbocycles. The number of hydrogen-bond donors (Lipinski definition) is 3. The summed E-state index contributed by atoms with van der Waals surface area (Å²) in [5.74, 6) is 0.776. The maximum absolute atomic E-state index is 6.21. The second-order valence-corrected chi connectivity index (χ2v) is 9.33. The molecule has 0 unspecified atom stereocenters. The van der Waals surface area contributed by atoms with Gasteiger partial charge in [0.05, 0.1) is 23.1 Å². The fourth-order valence-corrected chi connectivity index (χ4v) is 5.04. The number of aromatic amines is 2. The van der Waals surface area contributed by atoms with Crippen LogP contribution in [0.1, 0.15) is 12.8 Å². The number of piperidine rings is 1. The van der Waals surface area contributed by atoms with Crippen LogP contribution in [0.4, 0.5) is 0 Å². The molecule has 1 aliphatic heterocycles. The van der Waals surface area contributed by atoms with Gasteiger partial charge in [0.15, 0.2) is 0 Å². The van der Waals surface area contributed by atoms with Gasteiger partial charge in [-0.1, -0.05) is 12.1 Å². The summed E-state index contributed by atoms with van der Waals surface area (Å²) in [5.41, 5.74) is 8.43. The fraction of sp³-hybridized carbons (Fsp3) is 0.172. The van der Waals surface area contributed by atoms with Crippen molar-refractivity contribution in [2.24, 2.45) is 0 Å². The number of H-pyrrole nitrogens is 2. The average Bonchev–Trinajstić information content (AvgIpc) is 3.58. The van der Waals surface area contributed by atoms with E-state index in [-0.39, 0.29) is 6.10 Å². The van der Waals surface area contributed by atoms with E-state index in [1.807, 2.05) is 48.9 Å². The molecule has 1 aliphatic rings. The third kappa shape index (κ3) is 4.11. The Morgan fingerprint density at radius 1 is 0.838 bits per heavy atom. The zero-order valence-corrected chi connectivity index (χ0v) is 20.1. The van der Waals surface area contributed by atoms with E-state index >= 15 is 0 Å². The monoisotopic (exact) mass is 487 g/mol. The molecule has 1 fully saturated rings. The van der Waals surface area contributed by atoms with Crippen LogP contribution in [0.3, 0.4) is 0 Å². The summed E-state index contributed by atoms with van der Waals surface area (Å²) in [5, 5.41) is 12.3. The van der Waals surface area contributed by atoms with Crippen LogP contribution < -0.4 is 10.1 Å². The Hall–Kier alpha value is -4.56. The zero-order chi connectivity index (χ0) is 24.6. The van der Waals surface area contributed by atoms with Crippen LogP contribution >= 0.6 is 0 Å². The van der Waals surface area contributed by atoms with Crippen molar-refractivity contribution in [1.29, 1.82) is 0 Å². The van der Waals surface area contributed by atoms with E-state index < -0.39 is 0 Å². The van der Waals surface area contributed by atoms with Gasteiger partial charge in [-0.15, -0.1) is 0 Å². The van der Waals surface area contributed by atoms with Crippen molar-refractivity contribution in [2.75, 3.05) is 13.1 Å². The lowest BCUT2D eigenvalue weighted by atomic mass is 10.0. The molecule has 6 aromatic rings. The first kappa shape index (κ1) is 21.7. The highest BCUT2D eigenvalue weighted by Gasteiger charge is 2.17. The van der Waals surface area contributed by atoms with Gasteiger partial charge in [0.2, 0.25) is 0 Å². The van der Waals surface area contributed by atoms with Gasteiger partial charge < -0.3 is 15.0 Å². The highest BCUT2D eigenvalue weighted by Crippen LogP contribution is 2.34. The first-order valence-corrected chi connectivity index (χ1v) is 12.5. The Labute approximate surface area is 213 Å². The molecule has 0 amide bonds. The van der Waals surface area contributed by atoms with Gasteiger partial charge in [-0.25, -0.2) is 4.98 Å². The number of ether oxygens (including phenoxy) is 1. The first-order valence-electron chi connectivity index (χ1n) is 12.5. The molecular formula is C29H25N7O. The minimum absolute atomic E-state index is 0.216. The Bertz CT molecular complexity index is 1700. The largest absolute Gasteiger partial charge is 0.489 e. The number of pyridine rings is 3. The van der Waals surface area contributed by atoms with E-state index in [9.17, 15) is 0 Å². The minimum Gasteiger partial charge on any atom is -0.489 e. The predicted molar refractivity (Wildman–Crippen MR) is 144 cm³/mol. The van der Waals surface area contributed by atoms with Crippen LogP contribution in [0, 0.1) is 0 Å². The standard InChI is InChI=1S/C29H25N7O/c1-2-22(18-6-10-30-11-7-18)23-15-27(33-25(23)3-1)29-28-26(35-36-29)5-4-24(34-28)19-14-21(17-32-16-19)37-20-8-12-31-13-9-20/h1-7,10-11,14-17,20,31,33H,8-9,12-13H2,(H,35,36). The molecule has 0 spiro atoms. The number of benzene rings is 1. The summed E-state index contributed by atoms with van der Waals surface area (Å²) in [4.78, 5) is 17.1. The van der Waals surface area contributed by atoms with Gasteiger partial charge in [-0.2, -0.15) is 5.10 Å².